The second kappa shape index (κ2) is 5.77. The number of benzene rings is 3. The lowest BCUT2D eigenvalue weighted by atomic mass is 10.1. The van der Waals surface area contributed by atoms with E-state index in [2.05, 4.69) is 72.8 Å². The minimum Gasteiger partial charge on any atom is -0.0901 e. The third-order valence-electron chi connectivity index (χ3n) is 2.94. The third kappa shape index (κ3) is 3.07. The molecule has 0 unspecified atom stereocenters. The van der Waals surface area contributed by atoms with Gasteiger partial charge in [0.1, 0.15) is 0 Å². The van der Waals surface area contributed by atoms with Gasteiger partial charge in [-0.15, -0.1) is 0 Å². The SMILES string of the molecule is c1ccc(Sc2ccc(-c3ccccc3)cc2)cc1. The van der Waals surface area contributed by atoms with Crippen LogP contribution in [-0.4, -0.2) is 0 Å². The van der Waals surface area contributed by atoms with Gasteiger partial charge < -0.3 is 0 Å². The van der Waals surface area contributed by atoms with E-state index in [1.807, 2.05) is 12.1 Å². The summed E-state index contributed by atoms with van der Waals surface area (Å²) in [6.07, 6.45) is 0. The molecule has 0 aliphatic heterocycles. The first-order valence-electron chi connectivity index (χ1n) is 6.30. The van der Waals surface area contributed by atoms with Crippen LogP contribution in [0.25, 0.3) is 11.1 Å². The average molecular weight is 262 g/mol. The fraction of sp³-hybridized carbons (Fsp3) is 0. The van der Waals surface area contributed by atoms with Crippen molar-refractivity contribution in [1.29, 1.82) is 0 Å². The van der Waals surface area contributed by atoms with Crippen LogP contribution in [0, 0.1) is 0 Å². The highest BCUT2D eigenvalue weighted by atomic mass is 32.2. The molecule has 0 aliphatic rings. The lowest BCUT2D eigenvalue weighted by molar-refractivity contribution is 1.41. The summed E-state index contributed by atoms with van der Waals surface area (Å²) in [6.45, 7) is 0. The molecule has 0 N–H and O–H groups in total. The Bertz CT molecular complexity index is 628. The third-order valence-corrected chi connectivity index (χ3v) is 3.96. The maximum Gasteiger partial charge on any atom is 0.0122 e. The fourth-order valence-corrected chi connectivity index (χ4v) is 2.81. The van der Waals surface area contributed by atoms with Gasteiger partial charge in [0.25, 0.3) is 0 Å². The van der Waals surface area contributed by atoms with E-state index in [0.717, 1.165) is 0 Å². The van der Waals surface area contributed by atoms with Gasteiger partial charge in [-0.1, -0.05) is 72.4 Å². The van der Waals surface area contributed by atoms with Crippen molar-refractivity contribution in [2.24, 2.45) is 0 Å². The van der Waals surface area contributed by atoms with Crippen LogP contribution in [0.2, 0.25) is 0 Å². The lowest BCUT2D eigenvalue weighted by Crippen LogP contribution is -1.77. The molecule has 0 aromatic heterocycles. The van der Waals surface area contributed by atoms with Crippen molar-refractivity contribution >= 4 is 11.8 Å². The van der Waals surface area contributed by atoms with Crippen LogP contribution < -0.4 is 0 Å². The maximum atomic E-state index is 2.18. The summed E-state index contributed by atoms with van der Waals surface area (Å²) in [6, 6.07) is 29.6. The Balaban J connectivity index is 1.80. The van der Waals surface area contributed by atoms with Gasteiger partial charge in [0, 0.05) is 9.79 Å². The number of rotatable bonds is 3. The normalized spacial score (nSPS) is 10.3. The van der Waals surface area contributed by atoms with Crippen LogP contribution >= 0.6 is 11.8 Å². The number of hydrogen-bond donors (Lipinski definition) is 0. The highest BCUT2D eigenvalue weighted by Crippen LogP contribution is 2.29. The molecular weight excluding hydrogens is 248 g/mol. The molecular formula is C18H14S. The zero-order chi connectivity index (χ0) is 12.9. The van der Waals surface area contributed by atoms with Gasteiger partial charge in [0.15, 0.2) is 0 Å². The zero-order valence-corrected chi connectivity index (χ0v) is 11.3. The summed E-state index contributed by atoms with van der Waals surface area (Å²) >= 11 is 1.79. The summed E-state index contributed by atoms with van der Waals surface area (Å²) in [5, 5.41) is 0. The van der Waals surface area contributed by atoms with Crippen LogP contribution in [0.4, 0.5) is 0 Å². The lowest BCUT2D eigenvalue weighted by Gasteiger charge is -2.04. The molecule has 0 atom stereocenters. The van der Waals surface area contributed by atoms with E-state index in [0.29, 0.717) is 0 Å². The van der Waals surface area contributed by atoms with Crippen molar-refractivity contribution in [3.05, 3.63) is 84.9 Å². The minimum absolute atomic E-state index is 1.26. The molecule has 0 spiro atoms. The molecule has 0 saturated carbocycles. The summed E-state index contributed by atoms with van der Waals surface area (Å²) in [5.74, 6) is 0. The maximum absolute atomic E-state index is 2.18. The van der Waals surface area contributed by atoms with Crippen LogP contribution in [-0.2, 0) is 0 Å². The van der Waals surface area contributed by atoms with Crippen LogP contribution in [0.3, 0.4) is 0 Å². The Morgan fingerprint density at radius 2 is 0.895 bits per heavy atom. The predicted octanol–water partition coefficient (Wildman–Crippen LogP) is 5.50. The van der Waals surface area contributed by atoms with Crippen molar-refractivity contribution in [3.63, 3.8) is 0 Å². The van der Waals surface area contributed by atoms with Crippen molar-refractivity contribution in [2.45, 2.75) is 9.79 Å². The van der Waals surface area contributed by atoms with E-state index in [9.17, 15) is 0 Å². The van der Waals surface area contributed by atoms with Crippen LogP contribution in [0.1, 0.15) is 0 Å². The van der Waals surface area contributed by atoms with E-state index < -0.39 is 0 Å². The highest BCUT2D eigenvalue weighted by Gasteiger charge is 1.99. The minimum atomic E-state index is 1.26. The molecule has 0 radical (unpaired) electrons. The fourth-order valence-electron chi connectivity index (χ4n) is 1.97. The summed E-state index contributed by atoms with van der Waals surface area (Å²) in [5.41, 5.74) is 2.52. The van der Waals surface area contributed by atoms with E-state index in [1.165, 1.54) is 20.9 Å². The summed E-state index contributed by atoms with van der Waals surface area (Å²) in [4.78, 5) is 2.54. The van der Waals surface area contributed by atoms with Gasteiger partial charge in [-0.3, -0.25) is 0 Å². The van der Waals surface area contributed by atoms with Crippen molar-refractivity contribution in [2.75, 3.05) is 0 Å². The summed E-state index contributed by atoms with van der Waals surface area (Å²) < 4.78 is 0. The van der Waals surface area contributed by atoms with Crippen molar-refractivity contribution in [3.8, 4) is 11.1 Å². The van der Waals surface area contributed by atoms with Gasteiger partial charge in [-0.2, -0.15) is 0 Å². The second-order valence-electron chi connectivity index (χ2n) is 4.31. The Kier molecular flexibility index (Phi) is 3.66. The first-order valence-corrected chi connectivity index (χ1v) is 7.12. The zero-order valence-electron chi connectivity index (χ0n) is 10.5. The standard InChI is InChI=1S/C18H14S/c1-3-7-15(8-4-1)16-11-13-18(14-12-16)19-17-9-5-2-6-10-17/h1-14H. The topological polar surface area (TPSA) is 0 Å². The summed E-state index contributed by atoms with van der Waals surface area (Å²) in [7, 11) is 0. The van der Waals surface area contributed by atoms with Crippen LogP contribution in [0.15, 0.2) is 94.7 Å². The Morgan fingerprint density at radius 1 is 0.421 bits per heavy atom. The quantitative estimate of drug-likeness (QED) is 0.600. The molecule has 0 bridgehead atoms. The Morgan fingerprint density at radius 3 is 1.53 bits per heavy atom. The molecule has 0 heterocycles. The smallest absolute Gasteiger partial charge is 0.0122 e. The Labute approximate surface area is 118 Å². The van der Waals surface area contributed by atoms with Crippen molar-refractivity contribution in [1.82, 2.24) is 0 Å². The monoisotopic (exact) mass is 262 g/mol. The van der Waals surface area contributed by atoms with Gasteiger partial charge in [-0.25, -0.2) is 0 Å². The molecule has 3 aromatic carbocycles. The molecule has 3 rings (SSSR count). The van der Waals surface area contributed by atoms with Crippen LogP contribution in [0.5, 0.6) is 0 Å². The number of hydrogen-bond acceptors (Lipinski definition) is 1. The molecule has 0 aliphatic carbocycles. The van der Waals surface area contributed by atoms with Gasteiger partial charge in [-0.05, 0) is 35.4 Å². The van der Waals surface area contributed by atoms with E-state index in [-0.39, 0.29) is 0 Å². The molecule has 1 heteroatoms. The Hall–Kier alpha value is -1.99. The van der Waals surface area contributed by atoms with Gasteiger partial charge in [0.2, 0.25) is 0 Å². The van der Waals surface area contributed by atoms with Crippen molar-refractivity contribution < 1.29 is 0 Å². The molecule has 92 valence electrons. The largest absolute Gasteiger partial charge is 0.0901 e. The molecule has 19 heavy (non-hydrogen) atoms. The van der Waals surface area contributed by atoms with E-state index >= 15 is 0 Å². The first-order chi connectivity index (χ1) is 9.42. The van der Waals surface area contributed by atoms with Gasteiger partial charge in [0.05, 0.1) is 0 Å². The molecule has 0 amide bonds. The molecule has 0 saturated heterocycles. The van der Waals surface area contributed by atoms with E-state index in [4.69, 9.17) is 0 Å². The molecule has 0 fully saturated rings. The van der Waals surface area contributed by atoms with E-state index in [1.54, 1.807) is 11.8 Å². The van der Waals surface area contributed by atoms with Gasteiger partial charge >= 0.3 is 0 Å². The molecule has 0 nitrogen and oxygen atoms in total. The first kappa shape index (κ1) is 12.1. The predicted molar refractivity (Wildman–Crippen MR) is 82.4 cm³/mol. The second-order valence-corrected chi connectivity index (χ2v) is 5.45. The average Bonchev–Trinajstić information content (AvgIpc) is 2.50. The highest BCUT2D eigenvalue weighted by molar-refractivity contribution is 7.99. The molecule has 3 aromatic rings.